The van der Waals surface area contributed by atoms with Crippen LogP contribution in [0.1, 0.15) is 21.1 Å². The maximum Gasteiger partial charge on any atom is 0.412 e. The maximum atomic E-state index is 11.6. The molecule has 1 heterocycles. The van der Waals surface area contributed by atoms with Crippen molar-refractivity contribution < 1.29 is 19.4 Å². The van der Waals surface area contributed by atoms with E-state index in [0.717, 1.165) is 16.9 Å². The summed E-state index contributed by atoms with van der Waals surface area (Å²) in [5.74, 6) is -1.19. The van der Waals surface area contributed by atoms with Crippen LogP contribution in [0, 0.1) is 6.92 Å². The molecule has 0 aliphatic heterocycles. The van der Waals surface area contributed by atoms with Gasteiger partial charge in [-0.05, 0) is 12.5 Å². The third-order valence-electron chi connectivity index (χ3n) is 2.37. The largest absolute Gasteiger partial charge is 0.476 e. The molecule has 20 heavy (non-hydrogen) atoms. The minimum absolute atomic E-state index is 0.118. The normalized spacial score (nSPS) is 10.1. The van der Waals surface area contributed by atoms with Crippen molar-refractivity contribution in [1.29, 1.82) is 0 Å². The zero-order valence-corrected chi connectivity index (χ0v) is 11.4. The van der Waals surface area contributed by atoms with Crippen molar-refractivity contribution in [3.63, 3.8) is 0 Å². The summed E-state index contributed by atoms with van der Waals surface area (Å²) in [5, 5.41) is 12.1. The summed E-state index contributed by atoms with van der Waals surface area (Å²) >= 11 is 1.09. The number of carboxylic acids is 1. The Morgan fingerprint density at radius 1 is 1.35 bits per heavy atom. The Kier molecular flexibility index (Phi) is 4.31. The van der Waals surface area contributed by atoms with E-state index in [-0.39, 0.29) is 17.3 Å². The average molecular weight is 292 g/mol. The fourth-order valence-electron chi connectivity index (χ4n) is 1.51. The summed E-state index contributed by atoms with van der Waals surface area (Å²) in [6.45, 7) is 1.78. The van der Waals surface area contributed by atoms with Gasteiger partial charge in [0.1, 0.15) is 11.6 Å². The predicted octanol–water partition coefficient (Wildman–Crippen LogP) is 2.90. The van der Waals surface area contributed by atoms with Crippen LogP contribution >= 0.6 is 11.3 Å². The van der Waals surface area contributed by atoms with Gasteiger partial charge >= 0.3 is 12.1 Å². The van der Waals surface area contributed by atoms with Crippen LogP contribution in [0.4, 0.5) is 9.80 Å². The van der Waals surface area contributed by atoms with Gasteiger partial charge in [-0.15, -0.1) is 11.3 Å². The molecule has 0 saturated carbocycles. The van der Waals surface area contributed by atoms with Crippen molar-refractivity contribution >= 4 is 28.4 Å². The third kappa shape index (κ3) is 3.55. The SMILES string of the molecule is Cc1nc(C(=O)O)c(NC(=O)OCc2ccccc2)s1. The van der Waals surface area contributed by atoms with Crippen LogP contribution in [-0.4, -0.2) is 22.2 Å². The van der Waals surface area contributed by atoms with Gasteiger partial charge in [0, 0.05) is 0 Å². The van der Waals surface area contributed by atoms with E-state index >= 15 is 0 Å². The van der Waals surface area contributed by atoms with E-state index in [1.54, 1.807) is 6.92 Å². The number of carbonyl (C=O) groups is 2. The number of amides is 1. The Balaban J connectivity index is 1.96. The molecule has 104 valence electrons. The summed E-state index contributed by atoms with van der Waals surface area (Å²) in [5.41, 5.74) is 0.672. The minimum Gasteiger partial charge on any atom is -0.476 e. The highest BCUT2D eigenvalue weighted by molar-refractivity contribution is 7.16. The highest BCUT2D eigenvalue weighted by Crippen LogP contribution is 2.24. The van der Waals surface area contributed by atoms with Crippen LogP contribution in [0.3, 0.4) is 0 Å². The first kappa shape index (κ1) is 14.0. The second-order valence-corrected chi connectivity index (χ2v) is 5.11. The number of rotatable bonds is 4. The van der Waals surface area contributed by atoms with Crippen molar-refractivity contribution in [2.45, 2.75) is 13.5 Å². The van der Waals surface area contributed by atoms with E-state index in [2.05, 4.69) is 10.3 Å². The summed E-state index contributed by atoms with van der Waals surface area (Å²) in [7, 11) is 0. The van der Waals surface area contributed by atoms with Crippen molar-refractivity contribution in [2.75, 3.05) is 5.32 Å². The molecular formula is C13H12N2O4S. The number of thiazole rings is 1. The molecule has 6 nitrogen and oxygen atoms in total. The third-order valence-corrected chi connectivity index (χ3v) is 3.25. The number of benzene rings is 1. The predicted molar refractivity (Wildman–Crippen MR) is 74.1 cm³/mol. The summed E-state index contributed by atoms with van der Waals surface area (Å²) in [4.78, 5) is 26.4. The quantitative estimate of drug-likeness (QED) is 0.904. The molecule has 0 bridgehead atoms. The molecule has 2 aromatic rings. The first-order valence-corrected chi connectivity index (χ1v) is 6.56. The van der Waals surface area contributed by atoms with Gasteiger partial charge in [-0.3, -0.25) is 5.32 Å². The zero-order chi connectivity index (χ0) is 14.5. The molecule has 0 fully saturated rings. The lowest BCUT2D eigenvalue weighted by molar-refractivity contribution is 0.0692. The molecule has 0 aliphatic carbocycles. The molecular weight excluding hydrogens is 280 g/mol. The van der Waals surface area contributed by atoms with Crippen LogP contribution in [0.5, 0.6) is 0 Å². The highest BCUT2D eigenvalue weighted by atomic mass is 32.1. The van der Waals surface area contributed by atoms with Crippen LogP contribution in [0.15, 0.2) is 30.3 Å². The second kappa shape index (κ2) is 6.16. The zero-order valence-electron chi connectivity index (χ0n) is 10.6. The first-order valence-electron chi connectivity index (χ1n) is 5.74. The van der Waals surface area contributed by atoms with Crippen molar-refractivity contribution in [1.82, 2.24) is 4.98 Å². The Labute approximate surface area is 119 Å². The fourth-order valence-corrected chi connectivity index (χ4v) is 2.30. The van der Waals surface area contributed by atoms with Gasteiger partial charge in [0.15, 0.2) is 5.69 Å². The number of aryl methyl sites for hydroxylation is 1. The number of hydrogen-bond acceptors (Lipinski definition) is 5. The molecule has 1 aromatic heterocycles. The summed E-state index contributed by atoms with van der Waals surface area (Å²) < 4.78 is 5.01. The molecule has 0 saturated heterocycles. The number of carboxylic acid groups (broad SMARTS) is 1. The minimum atomic E-state index is -1.19. The lowest BCUT2D eigenvalue weighted by Gasteiger charge is -2.05. The van der Waals surface area contributed by atoms with Gasteiger partial charge < -0.3 is 9.84 Å². The van der Waals surface area contributed by atoms with Gasteiger partial charge in [-0.25, -0.2) is 14.6 Å². The number of ether oxygens (including phenoxy) is 1. The van der Waals surface area contributed by atoms with Gasteiger partial charge in [0.25, 0.3) is 0 Å². The molecule has 0 aliphatic rings. The van der Waals surface area contributed by atoms with E-state index in [0.29, 0.717) is 5.01 Å². The fraction of sp³-hybridized carbons (Fsp3) is 0.154. The van der Waals surface area contributed by atoms with E-state index in [1.807, 2.05) is 30.3 Å². The number of nitrogens with one attached hydrogen (secondary N) is 1. The first-order chi connectivity index (χ1) is 9.56. The van der Waals surface area contributed by atoms with Crippen LogP contribution in [0.25, 0.3) is 0 Å². The lowest BCUT2D eigenvalue weighted by atomic mass is 10.2. The molecule has 2 rings (SSSR count). The molecule has 1 amide bonds. The summed E-state index contributed by atoms with van der Waals surface area (Å²) in [6, 6.07) is 9.19. The molecule has 0 radical (unpaired) electrons. The molecule has 1 aromatic carbocycles. The van der Waals surface area contributed by atoms with Gasteiger partial charge in [-0.2, -0.15) is 0 Å². The maximum absolute atomic E-state index is 11.6. The molecule has 0 unspecified atom stereocenters. The Hall–Kier alpha value is -2.41. The molecule has 2 N–H and O–H groups in total. The Morgan fingerprint density at radius 3 is 2.70 bits per heavy atom. The van der Waals surface area contributed by atoms with E-state index in [9.17, 15) is 9.59 Å². The standard InChI is InChI=1S/C13H12N2O4S/c1-8-14-10(12(16)17)11(20-8)15-13(18)19-7-9-5-3-2-4-6-9/h2-6H,7H2,1H3,(H,15,18)(H,16,17). The Bertz CT molecular complexity index is 625. The second-order valence-electron chi connectivity index (χ2n) is 3.90. The number of aromatic nitrogens is 1. The van der Waals surface area contributed by atoms with E-state index in [1.165, 1.54) is 0 Å². The number of anilines is 1. The molecule has 0 spiro atoms. The van der Waals surface area contributed by atoms with Crippen molar-refractivity contribution in [2.24, 2.45) is 0 Å². The highest BCUT2D eigenvalue weighted by Gasteiger charge is 2.18. The number of carbonyl (C=O) groups excluding carboxylic acids is 1. The lowest BCUT2D eigenvalue weighted by Crippen LogP contribution is -2.14. The van der Waals surface area contributed by atoms with E-state index in [4.69, 9.17) is 9.84 Å². The summed E-state index contributed by atoms with van der Waals surface area (Å²) in [6.07, 6.45) is -0.708. The average Bonchev–Trinajstić information content (AvgIpc) is 2.79. The van der Waals surface area contributed by atoms with Crippen molar-refractivity contribution in [3.8, 4) is 0 Å². The van der Waals surface area contributed by atoms with Gasteiger partial charge in [-0.1, -0.05) is 30.3 Å². The molecule has 7 heteroatoms. The van der Waals surface area contributed by atoms with E-state index < -0.39 is 12.1 Å². The van der Waals surface area contributed by atoms with Gasteiger partial charge in [0.05, 0.1) is 5.01 Å². The Morgan fingerprint density at radius 2 is 2.05 bits per heavy atom. The van der Waals surface area contributed by atoms with Gasteiger partial charge in [0.2, 0.25) is 0 Å². The van der Waals surface area contributed by atoms with Crippen LogP contribution in [-0.2, 0) is 11.3 Å². The topological polar surface area (TPSA) is 88.5 Å². The molecule has 0 atom stereocenters. The number of aromatic carboxylic acids is 1. The smallest absolute Gasteiger partial charge is 0.412 e. The monoisotopic (exact) mass is 292 g/mol. The van der Waals surface area contributed by atoms with Crippen LogP contribution in [0.2, 0.25) is 0 Å². The van der Waals surface area contributed by atoms with Crippen LogP contribution < -0.4 is 5.32 Å². The van der Waals surface area contributed by atoms with Crippen molar-refractivity contribution in [3.05, 3.63) is 46.6 Å². The number of hydrogen-bond donors (Lipinski definition) is 2. The number of nitrogens with zero attached hydrogens (tertiary/aromatic N) is 1.